The Morgan fingerprint density at radius 2 is 2.00 bits per heavy atom. The van der Waals surface area contributed by atoms with Gasteiger partial charge in [-0.1, -0.05) is 18.2 Å². The molecule has 1 aliphatic rings. The SMILES string of the molecule is c1ccc2c(CN3CCCC3)[nH]nc2c1. The maximum atomic E-state index is 4.31. The molecule has 2 aromatic rings. The van der Waals surface area contributed by atoms with E-state index in [4.69, 9.17) is 0 Å². The summed E-state index contributed by atoms with van der Waals surface area (Å²) in [6.45, 7) is 3.47. The summed E-state index contributed by atoms with van der Waals surface area (Å²) in [4.78, 5) is 2.49. The van der Waals surface area contributed by atoms with Crippen molar-refractivity contribution in [3.63, 3.8) is 0 Å². The zero-order valence-electron chi connectivity index (χ0n) is 8.74. The molecule has 15 heavy (non-hydrogen) atoms. The predicted octanol–water partition coefficient (Wildman–Crippen LogP) is 2.16. The van der Waals surface area contributed by atoms with Crippen molar-refractivity contribution in [2.75, 3.05) is 13.1 Å². The molecule has 2 heterocycles. The molecular formula is C12H15N3. The fraction of sp³-hybridized carbons (Fsp3) is 0.417. The molecule has 0 spiro atoms. The molecule has 0 bridgehead atoms. The quantitative estimate of drug-likeness (QED) is 0.807. The first-order valence-electron chi connectivity index (χ1n) is 5.58. The van der Waals surface area contributed by atoms with Crippen LogP contribution in [0.5, 0.6) is 0 Å². The molecule has 1 fully saturated rings. The Morgan fingerprint density at radius 1 is 1.20 bits per heavy atom. The van der Waals surface area contributed by atoms with Gasteiger partial charge in [-0.05, 0) is 32.0 Å². The number of rotatable bonds is 2. The Kier molecular flexibility index (Phi) is 2.18. The van der Waals surface area contributed by atoms with E-state index in [1.54, 1.807) is 0 Å². The van der Waals surface area contributed by atoms with Gasteiger partial charge in [-0.15, -0.1) is 0 Å². The smallest absolute Gasteiger partial charge is 0.0924 e. The molecule has 1 N–H and O–H groups in total. The number of aromatic nitrogens is 2. The predicted molar refractivity (Wildman–Crippen MR) is 60.6 cm³/mol. The van der Waals surface area contributed by atoms with Crippen LogP contribution in [0.25, 0.3) is 10.9 Å². The van der Waals surface area contributed by atoms with Gasteiger partial charge < -0.3 is 0 Å². The molecule has 1 aliphatic heterocycles. The largest absolute Gasteiger partial charge is 0.298 e. The molecule has 3 heteroatoms. The van der Waals surface area contributed by atoms with Gasteiger partial charge in [0.05, 0.1) is 11.2 Å². The highest BCUT2D eigenvalue weighted by molar-refractivity contribution is 5.81. The second kappa shape index (κ2) is 3.66. The Labute approximate surface area is 89.1 Å². The molecule has 0 saturated carbocycles. The summed E-state index contributed by atoms with van der Waals surface area (Å²) in [7, 11) is 0. The summed E-state index contributed by atoms with van der Waals surface area (Å²) in [6, 6.07) is 8.30. The van der Waals surface area contributed by atoms with Crippen LogP contribution in [-0.2, 0) is 6.54 Å². The van der Waals surface area contributed by atoms with E-state index in [9.17, 15) is 0 Å². The lowest BCUT2D eigenvalue weighted by Gasteiger charge is -2.12. The van der Waals surface area contributed by atoms with Crippen molar-refractivity contribution in [1.29, 1.82) is 0 Å². The van der Waals surface area contributed by atoms with Gasteiger partial charge in [0.1, 0.15) is 0 Å². The molecule has 0 amide bonds. The minimum absolute atomic E-state index is 1.01. The third-order valence-electron chi connectivity index (χ3n) is 3.12. The molecule has 0 unspecified atom stereocenters. The maximum absolute atomic E-state index is 4.31. The number of likely N-dealkylation sites (tertiary alicyclic amines) is 1. The minimum Gasteiger partial charge on any atom is -0.298 e. The van der Waals surface area contributed by atoms with Crippen LogP contribution < -0.4 is 0 Å². The average molecular weight is 201 g/mol. The van der Waals surface area contributed by atoms with Gasteiger partial charge in [0, 0.05) is 11.9 Å². The van der Waals surface area contributed by atoms with Crippen LogP contribution in [0.15, 0.2) is 24.3 Å². The van der Waals surface area contributed by atoms with Crippen molar-refractivity contribution in [1.82, 2.24) is 15.1 Å². The summed E-state index contributed by atoms with van der Waals surface area (Å²) in [6.07, 6.45) is 2.68. The molecular weight excluding hydrogens is 186 g/mol. The summed E-state index contributed by atoms with van der Waals surface area (Å²) in [5.74, 6) is 0. The van der Waals surface area contributed by atoms with Crippen LogP contribution in [0, 0.1) is 0 Å². The molecule has 0 aliphatic carbocycles. The van der Waals surface area contributed by atoms with Crippen LogP contribution in [-0.4, -0.2) is 28.2 Å². The second-order valence-corrected chi connectivity index (χ2v) is 4.20. The zero-order valence-corrected chi connectivity index (χ0v) is 8.74. The van der Waals surface area contributed by atoms with Gasteiger partial charge in [0.25, 0.3) is 0 Å². The highest BCUT2D eigenvalue weighted by Crippen LogP contribution is 2.18. The summed E-state index contributed by atoms with van der Waals surface area (Å²) >= 11 is 0. The van der Waals surface area contributed by atoms with Crippen LogP contribution in [0.1, 0.15) is 18.5 Å². The average Bonchev–Trinajstić information content (AvgIpc) is 2.89. The fourth-order valence-corrected chi connectivity index (χ4v) is 2.30. The zero-order chi connectivity index (χ0) is 10.1. The Balaban J connectivity index is 1.90. The number of para-hydroxylation sites is 1. The molecule has 3 rings (SSSR count). The minimum atomic E-state index is 1.01. The van der Waals surface area contributed by atoms with E-state index in [1.807, 2.05) is 6.07 Å². The molecule has 1 saturated heterocycles. The molecule has 1 aromatic heterocycles. The van der Waals surface area contributed by atoms with Gasteiger partial charge >= 0.3 is 0 Å². The van der Waals surface area contributed by atoms with Crippen molar-refractivity contribution in [2.45, 2.75) is 19.4 Å². The molecule has 0 atom stereocenters. The number of H-pyrrole nitrogens is 1. The molecule has 1 aromatic carbocycles. The Bertz CT molecular complexity index is 455. The van der Waals surface area contributed by atoms with E-state index >= 15 is 0 Å². The normalized spacial score (nSPS) is 17.6. The first-order chi connectivity index (χ1) is 7.43. The van der Waals surface area contributed by atoms with E-state index in [-0.39, 0.29) is 0 Å². The van der Waals surface area contributed by atoms with Crippen molar-refractivity contribution in [2.24, 2.45) is 0 Å². The fourth-order valence-electron chi connectivity index (χ4n) is 2.30. The van der Waals surface area contributed by atoms with Crippen molar-refractivity contribution >= 4 is 10.9 Å². The van der Waals surface area contributed by atoms with Crippen LogP contribution in [0.2, 0.25) is 0 Å². The third kappa shape index (κ3) is 1.63. The van der Waals surface area contributed by atoms with Gasteiger partial charge in [0.2, 0.25) is 0 Å². The summed E-state index contributed by atoms with van der Waals surface area (Å²) in [5, 5.41) is 8.73. The number of benzene rings is 1. The third-order valence-corrected chi connectivity index (χ3v) is 3.12. The molecule has 3 nitrogen and oxygen atoms in total. The number of hydrogen-bond donors (Lipinski definition) is 1. The van der Waals surface area contributed by atoms with Gasteiger partial charge in [-0.2, -0.15) is 5.10 Å². The number of nitrogens with zero attached hydrogens (tertiary/aromatic N) is 2. The number of aromatic amines is 1. The van der Waals surface area contributed by atoms with Crippen molar-refractivity contribution in [3.05, 3.63) is 30.0 Å². The van der Waals surface area contributed by atoms with Crippen LogP contribution in [0.3, 0.4) is 0 Å². The van der Waals surface area contributed by atoms with E-state index in [0.29, 0.717) is 0 Å². The van der Waals surface area contributed by atoms with Gasteiger partial charge in [-0.3, -0.25) is 10.00 Å². The highest BCUT2D eigenvalue weighted by atomic mass is 15.2. The summed E-state index contributed by atoms with van der Waals surface area (Å²) < 4.78 is 0. The topological polar surface area (TPSA) is 31.9 Å². The number of fused-ring (bicyclic) bond motifs is 1. The van der Waals surface area contributed by atoms with E-state index in [1.165, 1.54) is 37.0 Å². The van der Waals surface area contributed by atoms with E-state index in [0.717, 1.165) is 12.1 Å². The maximum Gasteiger partial charge on any atom is 0.0924 e. The van der Waals surface area contributed by atoms with Crippen molar-refractivity contribution in [3.8, 4) is 0 Å². The first kappa shape index (κ1) is 8.92. The Morgan fingerprint density at radius 3 is 2.87 bits per heavy atom. The number of nitrogens with one attached hydrogen (secondary N) is 1. The van der Waals surface area contributed by atoms with Gasteiger partial charge in [-0.25, -0.2) is 0 Å². The standard InChI is InChI=1S/C12H15N3/c1-2-6-11-10(5-1)12(14-13-11)9-15-7-3-4-8-15/h1-2,5-6H,3-4,7-9H2,(H,13,14). The lowest BCUT2D eigenvalue weighted by atomic mass is 10.2. The van der Waals surface area contributed by atoms with Crippen molar-refractivity contribution < 1.29 is 0 Å². The highest BCUT2D eigenvalue weighted by Gasteiger charge is 2.14. The lowest BCUT2D eigenvalue weighted by molar-refractivity contribution is 0.328. The molecule has 0 radical (unpaired) electrons. The Hall–Kier alpha value is -1.35. The van der Waals surface area contributed by atoms with Crippen LogP contribution in [0.4, 0.5) is 0 Å². The molecule has 78 valence electrons. The first-order valence-corrected chi connectivity index (χ1v) is 5.58. The lowest BCUT2D eigenvalue weighted by Crippen LogP contribution is -2.18. The second-order valence-electron chi connectivity index (χ2n) is 4.20. The summed E-state index contributed by atoms with van der Waals surface area (Å²) in [5.41, 5.74) is 2.33. The monoisotopic (exact) mass is 201 g/mol. The van der Waals surface area contributed by atoms with Gasteiger partial charge in [0.15, 0.2) is 0 Å². The van der Waals surface area contributed by atoms with Crippen LogP contribution >= 0.6 is 0 Å². The number of hydrogen-bond acceptors (Lipinski definition) is 2. The van der Waals surface area contributed by atoms with E-state index in [2.05, 4.69) is 33.3 Å². The van der Waals surface area contributed by atoms with E-state index < -0.39 is 0 Å².